The predicted molar refractivity (Wildman–Crippen MR) is 113 cm³/mol. The van der Waals surface area contributed by atoms with E-state index in [1.54, 1.807) is 6.92 Å². The van der Waals surface area contributed by atoms with Crippen LogP contribution in [0.5, 0.6) is 0 Å². The first kappa shape index (κ1) is 22.5. The highest BCUT2D eigenvalue weighted by Gasteiger charge is 2.45. The number of hydrazine groups is 1. The van der Waals surface area contributed by atoms with Crippen LogP contribution in [0.25, 0.3) is 0 Å². The topological polar surface area (TPSA) is 86.8 Å². The van der Waals surface area contributed by atoms with E-state index in [9.17, 15) is 23.6 Å². The molecule has 1 atom stereocenters. The summed E-state index contributed by atoms with van der Waals surface area (Å²) in [6.45, 7) is 1.57. The smallest absolute Gasteiger partial charge is 0.272 e. The lowest BCUT2D eigenvalue weighted by Gasteiger charge is -2.27. The molecule has 2 aromatic carbocycles. The van der Waals surface area contributed by atoms with Crippen molar-refractivity contribution in [2.45, 2.75) is 19.4 Å². The third-order valence-corrected chi connectivity index (χ3v) is 5.22. The van der Waals surface area contributed by atoms with Crippen LogP contribution in [0.2, 0.25) is 10.0 Å². The minimum Gasteiger partial charge on any atom is -0.274 e. The maximum absolute atomic E-state index is 14.0. The van der Waals surface area contributed by atoms with Crippen molar-refractivity contribution in [3.8, 4) is 0 Å². The van der Waals surface area contributed by atoms with Gasteiger partial charge in [0.05, 0.1) is 27.7 Å². The van der Waals surface area contributed by atoms with Gasteiger partial charge in [0.2, 0.25) is 5.91 Å². The first-order chi connectivity index (χ1) is 14.7. The molecule has 0 radical (unpaired) electrons. The average molecular weight is 464 g/mol. The van der Waals surface area contributed by atoms with Crippen molar-refractivity contribution in [2.24, 2.45) is 0 Å². The summed E-state index contributed by atoms with van der Waals surface area (Å²) in [5, 5.41) is 1.10. The normalized spacial score (nSPS) is 16.1. The van der Waals surface area contributed by atoms with Crippen LogP contribution in [0.15, 0.2) is 54.6 Å². The number of hydrogen-bond acceptors (Lipinski definition) is 4. The minimum atomic E-state index is -1.33. The molecule has 1 unspecified atom stereocenters. The van der Waals surface area contributed by atoms with Crippen LogP contribution in [0, 0.1) is 5.82 Å². The van der Waals surface area contributed by atoms with Gasteiger partial charge in [-0.2, -0.15) is 0 Å². The molecule has 0 aromatic heterocycles. The number of carbonyl (C=O) groups is 4. The number of carbonyl (C=O) groups excluding carboxylic acids is 4. The van der Waals surface area contributed by atoms with Gasteiger partial charge < -0.3 is 0 Å². The highest BCUT2D eigenvalue weighted by atomic mass is 35.5. The van der Waals surface area contributed by atoms with Gasteiger partial charge in [-0.3, -0.25) is 24.6 Å². The Kier molecular flexibility index (Phi) is 6.72. The van der Waals surface area contributed by atoms with E-state index < -0.39 is 35.5 Å². The first-order valence-corrected chi connectivity index (χ1v) is 9.83. The summed E-state index contributed by atoms with van der Waals surface area (Å²) in [5.41, 5.74) is 2.10. The quantitative estimate of drug-likeness (QED) is 0.426. The zero-order valence-corrected chi connectivity index (χ0v) is 17.7. The number of amides is 4. The molecule has 7 nitrogen and oxygen atoms in total. The second-order valence-electron chi connectivity index (χ2n) is 6.51. The summed E-state index contributed by atoms with van der Waals surface area (Å²) in [7, 11) is 0. The van der Waals surface area contributed by atoms with Gasteiger partial charge in [-0.1, -0.05) is 41.4 Å². The van der Waals surface area contributed by atoms with Gasteiger partial charge in [0, 0.05) is 6.08 Å². The lowest BCUT2D eigenvalue weighted by Crippen LogP contribution is -2.54. The van der Waals surface area contributed by atoms with Crippen LogP contribution in [0.4, 0.5) is 10.1 Å². The fourth-order valence-electron chi connectivity index (χ4n) is 3.04. The van der Waals surface area contributed by atoms with E-state index in [0.717, 1.165) is 22.1 Å². The summed E-state index contributed by atoms with van der Waals surface area (Å²) in [5.74, 6) is -3.86. The molecular weight excluding hydrogens is 448 g/mol. The molecule has 1 heterocycles. The van der Waals surface area contributed by atoms with Crippen molar-refractivity contribution < 1.29 is 23.6 Å². The van der Waals surface area contributed by atoms with E-state index in [0.29, 0.717) is 0 Å². The van der Waals surface area contributed by atoms with Gasteiger partial charge in [0.15, 0.2) is 0 Å². The van der Waals surface area contributed by atoms with Crippen LogP contribution in [0.3, 0.4) is 0 Å². The zero-order chi connectivity index (χ0) is 22.7. The molecule has 160 valence electrons. The molecule has 1 aliphatic rings. The van der Waals surface area contributed by atoms with Crippen LogP contribution >= 0.6 is 23.2 Å². The van der Waals surface area contributed by atoms with Crippen molar-refractivity contribution in [3.05, 3.63) is 76.0 Å². The number of nitrogens with one attached hydrogen (secondary N) is 1. The Morgan fingerprint density at radius 1 is 1.16 bits per heavy atom. The number of hydrogen-bond donors (Lipinski definition) is 1. The standard InChI is InChI=1S/C21H16Cl2FN3O4/c1-2-5-18(28)27(25-20(30)13-6-3-4-7-16(13)24)17-11-19(29)26(21(17)31)12-8-9-14(22)15(23)10-12/h2-10,17H,11H2,1H3,(H,25,30). The second kappa shape index (κ2) is 9.28. The maximum atomic E-state index is 14.0. The van der Waals surface area contributed by atoms with Crippen molar-refractivity contribution >= 4 is 52.5 Å². The van der Waals surface area contributed by atoms with E-state index in [4.69, 9.17) is 23.2 Å². The number of halogens is 3. The van der Waals surface area contributed by atoms with Gasteiger partial charge in [-0.25, -0.2) is 14.3 Å². The highest BCUT2D eigenvalue weighted by molar-refractivity contribution is 6.42. The minimum absolute atomic E-state index is 0.137. The van der Waals surface area contributed by atoms with Crippen LogP contribution < -0.4 is 10.3 Å². The summed E-state index contributed by atoms with van der Waals surface area (Å²) in [4.78, 5) is 51.6. The Bertz CT molecular complexity index is 1110. The molecule has 4 amide bonds. The van der Waals surface area contributed by atoms with E-state index >= 15 is 0 Å². The maximum Gasteiger partial charge on any atom is 0.272 e. The second-order valence-corrected chi connectivity index (χ2v) is 7.33. The van der Waals surface area contributed by atoms with Gasteiger partial charge in [0.25, 0.3) is 17.7 Å². The Morgan fingerprint density at radius 2 is 1.87 bits per heavy atom. The third-order valence-electron chi connectivity index (χ3n) is 4.48. The molecule has 0 bridgehead atoms. The molecule has 0 spiro atoms. The van der Waals surface area contributed by atoms with Gasteiger partial charge >= 0.3 is 0 Å². The van der Waals surface area contributed by atoms with Crippen LogP contribution in [-0.4, -0.2) is 34.7 Å². The van der Waals surface area contributed by atoms with Gasteiger partial charge in [-0.15, -0.1) is 0 Å². The molecule has 31 heavy (non-hydrogen) atoms. The van der Waals surface area contributed by atoms with Crippen molar-refractivity contribution in [2.75, 3.05) is 4.90 Å². The number of benzene rings is 2. The van der Waals surface area contributed by atoms with E-state index in [1.807, 2.05) is 0 Å². The van der Waals surface area contributed by atoms with Gasteiger partial charge in [-0.05, 0) is 37.3 Å². The fraction of sp³-hybridized carbons (Fsp3) is 0.143. The first-order valence-electron chi connectivity index (χ1n) is 9.07. The predicted octanol–water partition coefficient (Wildman–Crippen LogP) is 3.51. The summed E-state index contributed by atoms with van der Waals surface area (Å²) in [6, 6.07) is 8.04. The molecule has 3 rings (SSSR count). The molecule has 10 heteroatoms. The van der Waals surface area contributed by atoms with Crippen molar-refractivity contribution in [1.29, 1.82) is 0 Å². The van der Waals surface area contributed by atoms with Crippen LogP contribution in [-0.2, 0) is 14.4 Å². The lowest BCUT2D eigenvalue weighted by atomic mass is 10.2. The average Bonchev–Trinajstić information content (AvgIpc) is 3.02. The Morgan fingerprint density at radius 3 is 2.52 bits per heavy atom. The zero-order valence-electron chi connectivity index (χ0n) is 16.1. The Hall–Kier alpha value is -3.23. The number of rotatable bonds is 4. The van der Waals surface area contributed by atoms with Crippen LogP contribution in [0.1, 0.15) is 23.7 Å². The summed E-state index contributed by atoms with van der Waals surface area (Å²) < 4.78 is 14.0. The lowest BCUT2D eigenvalue weighted by molar-refractivity contribution is -0.137. The largest absolute Gasteiger partial charge is 0.274 e. The third kappa shape index (κ3) is 4.60. The number of imide groups is 1. The monoisotopic (exact) mass is 463 g/mol. The number of nitrogens with zero attached hydrogens (tertiary/aromatic N) is 2. The molecule has 1 aliphatic heterocycles. The molecule has 2 aromatic rings. The van der Waals surface area contributed by atoms with E-state index in [-0.39, 0.29) is 27.7 Å². The molecule has 1 N–H and O–H groups in total. The van der Waals surface area contributed by atoms with Crippen molar-refractivity contribution in [3.63, 3.8) is 0 Å². The Balaban J connectivity index is 1.92. The highest BCUT2D eigenvalue weighted by Crippen LogP contribution is 2.31. The molecular formula is C21H16Cl2FN3O4. The van der Waals surface area contributed by atoms with E-state index in [2.05, 4.69) is 5.43 Å². The summed E-state index contributed by atoms with van der Waals surface area (Å²) in [6.07, 6.45) is 2.13. The number of anilines is 1. The molecule has 1 fully saturated rings. The molecule has 0 aliphatic carbocycles. The Labute approximate surface area is 187 Å². The molecule has 0 saturated carbocycles. The van der Waals surface area contributed by atoms with Gasteiger partial charge in [0.1, 0.15) is 11.9 Å². The van der Waals surface area contributed by atoms with E-state index in [1.165, 1.54) is 42.5 Å². The number of allylic oxidation sites excluding steroid dienone is 1. The summed E-state index contributed by atoms with van der Waals surface area (Å²) >= 11 is 11.9. The SMILES string of the molecule is CC=CC(=O)N(NC(=O)c1ccccc1F)C1CC(=O)N(c2ccc(Cl)c(Cl)c2)C1=O. The van der Waals surface area contributed by atoms with Crippen molar-refractivity contribution in [1.82, 2.24) is 10.4 Å². The molecule has 1 saturated heterocycles. The fourth-order valence-corrected chi connectivity index (χ4v) is 3.33.